The van der Waals surface area contributed by atoms with Gasteiger partial charge in [0.15, 0.2) is 0 Å². The van der Waals surface area contributed by atoms with Gasteiger partial charge in [0.05, 0.1) is 11.3 Å². The van der Waals surface area contributed by atoms with Gasteiger partial charge >= 0.3 is 5.97 Å². The highest BCUT2D eigenvalue weighted by Crippen LogP contribution is 2.25. The van der Waals surface area contributed by atoms with Crippen molar-refractivity contribution in [3.8, 4) is 11.3 Å². The molecular formula is C27H30N4O2. The number of aryl methyl sites for hydroxylation is 2. The van der Waals surface area contributed by atoms with Crippen LogP contribution in [-0.2, 0) is 13.0 Å². The predicted octanol–water partition coefficient (Wildman–Crippen LogP) is 5.72. The van der Waals surface area contributed by atoms with Crippen LogP contribution in [0.4, 0.5) is 5.82 Å². The topological polar surface area (TPSA) is 80.0 Å². The SMILES string of the molecule is Cc1cccc2c1cc(C)n2CCNc1cc(-c2ccc(C(=O)O)c(CC(C)C)c2)ncn1. The van der Waals surface area contributed by atoms with E-state index in [1.54, 1.807) is 12.4 Å². The number of aromatic nitrogens is 3. The Morgan fingerprint density at radius 3 is 2.67 bits per heavy atom. The zero-order chi connectivity index (χ0) is 23.5. The standard InChI is InChI=1S/C27H30N4O2/c1-17(2)12-21-14-20(8-9-22(21)27(32)33)24-15-26(30-16-29-24)28-10-11-31-19(4)13-23-18(3)6-5-7-25(23)31/h5-9,13-17H,10-12H2,1-4H3,(H,32,33)(H,28,29,30). The molecule has 0 saturated carbocycles. The summed E-state index contributed by atoms with van der Waals surface area (Å²) in [5, 5.41) is 14.2. The molecule has 0 bridgehead atoms. The van der Waals surface area contributed by atoms with Crippen LogP contribution in [0.25, 0.3) is 22.2 Å². The van der Waals surface area contributed by atoms with Gasteiger partial charge in [-0.3, -0.25) is 0 Å². The maximum Gasteiger partial charge on any atom is 0.335 e. The lowest BCUT2D eigenvalue weighted by molar-refractivity contribution is 0.0695. The van der Waals surface area contributed by atoms with Crippen LogP contribution < -0.4 is 5.32 Å². The number of nitrogens with one attached hydrogen (secondary N) is 1. The van der Waals surface area contributed by atoms with Crippen LogP contribution in [0.1, 0.15) is 41.0 Å². The molecule has 0 spiro atoms. The van der Waals surface area contributed by atoms with Crippen LogP contribution in [0.5, 0.6) is 0 Å². The lowest BCUT2D eigenvalue weighted by Crippen LogP contribution is -2.12. The van der Waals surface area contributed by atoms with Crippen LogP contribution in [0.15, 0.2) is 54.9 Å². The second-order valence-electron chi connectivity index (χ2n) is 8.94. The maximum absolute atomic E-state index is 11.6. The van der Waals surface area contributed by atoms with Crippen LogP contribution in [-0.4, -0.2) is 32.2 Å². The fraction of sp³-hybridized carbons (Fsp3) is 0.296. The van der Waals surface area contributed by atoms with Gasteiger partial charge in [0.2, 0.25) is 0 Å². The molecule has 2 N–H and O–H groups in total. The van der Waals surface area contributed by atoms with Crippen LogP contribution in [0.3, 0.4) is 0 Å². The Hall–Kier alpha value is -3.67. The smallest absolute Gasteiger partial charge is 0.335 e. The number of carboxylic acid groups (broad SMARTS) is 1. The number of hydrogen-bond donors (Lipinski definition) is 2. The van der Waals surface area contributed by atoms with Gasteiger partial charge in [-0.2, -0.15) is 0 Å². The van der Waals surface area contributed by atoms with E-state index in [1.807, 2.05) is 18.2 Å². The third kappa shape index (κ3) is 4.90. The average Bonchev–Trinajstić information content (AvgIpc) is 3.10. The first-order valence-corrected chi connectivity index (χ1v) is 11.3. The molecule has 6 heteroatoms. The van der Waals surface area contributed by atoms with Crippen molar-refractivity contribution in [1.29, 1.82) is 0 Å². The van der Waals surface area contributed by atoms with Gasteiger partial charge in [-0.05, 0) is 61.6 Å². The Kier molecular flexibility index (Phi) is 6.45. The van der Waals surface area contributed by atoms with Crippen molar-refractivity contribution >= 4 is 22.7 Å². The molecule has 0 amide bonds. The van der Waals surface area contributed by atoms with Crippen LogP contribution in [0, 0.1) is 19.8 Å². The molecule has 0 atom stereocenters. The molecule has 4 aromatic rings. The molecule has 33 heavy (non-hydrogen) atoms. The van der Waals surface area contributed by atoms with Crippen molar-refractivity contribution < 1.29 is 9.90 Å². The molecule has 4 rings (SSSR count). The summed E-state index contributed by atoms with van der Waals surface area (Å²) in [5.41, 5.74) is 6.61. The number of fused-ring (bicyclic) bond motifs is 1. The number of rotatable bonds is 8. The summed E-state index contributed by atoms with van der Waals surface area (Å²) in [7, 11) is 0. The highest BCUT2D eigenvalue weighted by Gasteiger charge is 2.14. The second kappa shape index (κ2) is 9.45. The van der Waals surface area contributed by atoms with Crippen molar-refractivity contribution in [1.82, 2.24) is 14.5 Å². The molecule has 0 fully saturated rings. The quantitative estimate of drug-likeness (QED) is 0.365. The minimum atomic E-state index is -0.898. The largest absolute Gasteiger partial charge is 0.478 e. The number of anilines is 1. The molecule has 0 unspecified atom stereocenters. The first-order valence-electron chi connectivity index (χ1n) is 11.3. The van der Waals surface area contributed by atoms with E-state index in [9.17, 15) is 9.90 Å². The van der Waals surface area contributed by atoms with E-state index in [-0.39, 0.29) is 0 Å². The Labute approximate surface area is 194 Å². The van der Waals surface area contributed by atoms with Gasteiger partial charge in [-0.15, -0.1) is 0 Å². The first kappa shape index (κ1) is 22.5. The third-order valence-corrected chi connectivity index (χ3v) is 5.94. The number of nitrogens with zero attached hydrogens (tertiary/aromatic N) is 3. The number of aromatic carboxylic acids is 1. The molecule has 0 saturated heterocycles. The summed E-state index contributed by atoms with van der Waals surface area (Å²) >= 11 is 0. The van der Waals surface area contributed by atoms with Crippen molar-refractivity contribution in [3.05, 3.63) is 77.2 Å². The number of hydrogen-bond acceptors (Lipinski definition) is 4. The van der Waals surface area contributed by atoms with E-state index in [4.69, 9.17) is 0 Å². The summed E-state index contributed by atoms with van der Waals surface area (Å²) in [5.74, 6) is 0.210. The van der Waals surface area contributed by atoms with Crippen LogP contribution >= 0.6 is 0 Å². The fourth-order valence-electron chi connectivity index (χ4n) is 4.34. The highest BCUT2D eigenvalue weighted by atomic mass is 16.4. The van der Waals surface area contributed by atoms with Crippen LogP contribution in [0.2, 0.25) is 0 Å². The van der Waals surface area contributed by atoms with Gasteiger partial charge in [0.25, 0.3) is 0 Å². The van der Waals surface area contributed by atoms with Crippen molar-refractivity contribution in [2.75, 3.05) is 11.9 Å². The van der Waals surface area contributed by atoms with E-state index < -0.39 is 5.97 Å². The Morgan fingerprint density at radius 1 is 1.09 bits per heavy atom. The summed E-state index contributed by atoms with van der Waals surface area (Å²) < 4.78 is 2.32. The first-order chi connectivity index (χ1) is 15.8. The molecular weight excluding hydrogens is 412 g/mol. The molecule has 170 valence electrons. The number of carboxylic acids is 1. The monoisotopic (exact) mass is 442 g/mol. The van der Waals surface area contributed by atoms with E-state index in [0.29, 0.717) is 17.9 Å². The highest BCUT2D eigenvalue weighted by molar-refractivity contribution is 5.90. The zero-order valence-electron chi connectivity index (χ0n) is 19.6. The normalized spacial score (nSPS) is 11.3. The lowest BCUT2D eigenvalue weighted by atomic mass is 9.95. The molecule has 0 aliphatic carbocycles. The Morgan fingerprint density at radius 2 is 1.91 bits per heavy atom. The van der Waals surface area contributed by atoms with Crippen molar-refractivity contribution in [3.63, 3.8) is 0 Å². The van der Waals surface area contributed by atoms with Crippen molar-refractivity contribution in [2.24, 2.45) is 5.92 Å². The molecule has 0 aliphatic heterocycles. The molecule has 2 aromatic heterocycles. The third-order valence-electron chi connectivity index (χ3n) is 5.94. The molecule has 2 aromatic carbocycles. The van der Waals surface area contributed by atoms with E-state index in [2.05, 4.69) is 71.8 Å². The molecule has 2 heterocycles. The Balaban J connectivity index is 1.52. The fourth-order valence-corrected chi connectivity index (χ4v) is 4.34. The van der Waals surface area contributed by atoms with E-state index >= 15 is 0 Å². The van der Waals surface area contributed by atoms with Gasteiger partial charge in [0, 0.05) is 41.3 Å². The van der Waals surface area contributed by atoms with Gasteiger partial charge in [0.1, 0.15) is 12.1 Å². The summed E-state index contributed by atoms with van der Waals surface area (Å²) in [4.78, 5) is 20.4. The summed E-state index contributed by atoms with van der Waals surface area (Å²) in [6.07, 6.45) is 2.25. The van der Waals surface area contributed by atoms with Crippen molar-refractivity contribution in [2.45, 2.75) is 40.7 Å². The second-order valence-corrected chi connectivity index (χ2v) is 8.94. The Bertz CT molecular complexity index is 1310. The molecule has 0 radical (unpaired) electrons. The van der Waals surface area contributed by atoms with E-state index in [0.717, 1.165) is 35.7 Å². The van der Waals surface area contributed by atoms with Gasteiger partial charge in [-0.25, -0.2) is 14.8 Å². The van der Waals surface area contributed by atoms with Gasteiger partial charge in [-0.1, -0.05) is 32.0 Å². The van der Waals surface area contributed by atoms with E-state index in [1.165, 1.54) is 22.2 Å². The summed E-state index contributed by atoms with van der Waals surface area (Å²) in [6, 6.07) is 16.0. The molecule has 6 nitrogen and oxygen atoms in total. The predicted molar refractivity (Wildman–Crippen MR) is 133 cm³/mol. The average molecular weight is 443 g/mol. The minimum absolute atomic E-state index is 0.351. The minimum Gasteiger partial charge on any atom is -0.478 e. The maximum atomic E-state index is 11.6. The number of carbonyl (C=O) groups is 1. The zero-order valence-corrected chi connectivity index (χ0v) is 19.6. The lowest BCUT2D eigenvalue weighted by Gasteiger charge is -2.13. The molecule has 0 aliphatic rings. The number of benzene rings is 2. The summed E-state index contributed by atoms with van der Waals surface area (Å²) in [6.45, 7) is 10.00. The van der Waals surface area contributed by atoms with Gasteiger partial charge < -0.3 is 15.0 Å².